The third-order valence-electron chi connectivity index (χ3n) is 5.98. The van der Waals surface area contributed by atoms with Gasteiger partial charge in [0.25, 0.3) is 0 Å². The summed E-state index contributed by atoms with van der Waals surface area (Å²) in [5.41, 5.74) is 4.55. The maximum atomic E-state index is 6.12. The zero-order valence-corrected chi connectivity index (χ0v) is 19.6. The van der Waals surface area contributed by atoms with Gasteiger partial charge in [0.05, 0.1) is 18.8 Å². The van der Waals surface area contributed by atoms with Crippen molar-refractivity contribution in [2.45, 2.75) is 0 Å². The zero-order valence-electron chi connectivity index (χ0n) is 19.6. The van der Waals surface area contributed by atoms with Crippen LogP contribution in [0.3, 0.4) is 0 Å². The molecule has 0 aliphatic heterocycles. The average Bonchev–Trinajstić information content (AvgIpc) is 2.94. The van der Waals surface area contributed by atoms with Gasteiger partial charge >= 0.3 is 0 Å². The number of hydrogen-bond acceptors (Lipinski definition) is 6. The van der Waals surface area contributed by atoms with Crippen molar-refractivity contribution in [1.29, 1.82) is 0 Å². The van der Waals surface area contributed by atoms with Crippen LogP contribution in [0.25, 0.3) is 32.9 Å². The van der Waals surface area contributed by atoms with Crippen molar-refractivity contribution in [3.05, 3.63) is 110 Å². The third-order valence-corrected chi connectivity index (χ3v) is 5.98. The molecule has 0 aliphatic carbocycles. The highest BCUT2D eigenvalue weighted by molar-refractivity contribution is 6.02. The van der Waals surface area contributed by atoms with Crippen molar-refractivity contribution < 1.29 is 9.47 Å². The lowest BCUT2D eigenvalue weighted by Crippen LogP contribution is -1.96. The van der Waals surface area contributed by atoms with E-state index in [0.29, 0.717) is 28.3 Å². The van der Waals surface area contributed by atoms with Crippen molar-refractivity contribution in [3.8, 4) is 28.4 Å². The van der Waals surface area contributed by atoms with Gasteiger partial charge in [-0.3, -0.25) is 4.98 Å². The van der Waals surface area contributed by atoms with Crippen LogP contribution < -0.4 is 14.8 Å². The SMILES string of the molecule is COc1cnc2c(Oc3ccc(Nc4ncc(-c5ccccc5)c5ccccc45)cc3)ccnc2c1. The molecule has 0 aliphatic rings. The van der Waals surface area contributed by atoms with E-state index in [1.54, 1.807) is 25.6 Å². The monoisotopic (exact) mass is 470 g/mol. The number of benzene rings is 3. The van der Waals surface area contributed by atoms with E-state index in [-0.39, 0.29) is 0 Å². The molecule has 0 atom stereocenters. The van der Waals surface area contributed by atoms with Gasteiger partial charge in [-0.1, -0.05) is 54.6 Å². The summed E-state index contributed by atoms with van der Waals surface area (Å²) < 4.78 is 11.4. The fourth-order valence-electron chi connectivity index (χ4n) is 4.19. The van der Waals surface area contributed by atoms with Crippen LogP contribution >= 0.6 is 0 Å². The van der Waals surface area contributed by atoms with E-state index >= 15 is 0 Å². The molecule has 0 amide bonds. The molecule has 3 aromatic heterocycles. The number of nitrogens with zero attached hydrogens (tertiary/aromatic N) is 3. The van der Waals surface area contributed by atoms with E-state index in [4.69, 9.17) is 14.5 Å². The second-order valence-corrected chi connectivity index (χ2v) is 8.24. The highest BCUT2D eigenvalue weighted by Crippen LogP contribution is 2.34. The number of hydrogen-bond donors (Lipinski definition) is 1. The fraction of sp³-hybridized carbons (Fsp3) is 0.0333. The van der Waals surface area contributed by atoms with Gasteiger partial charge < -0.3 is 14.8 Å². The topological polar surface area (TPSA) is 69.2 Å². The molecule has 174 valence electrons. The van der Waals surface area contributed by atoms with E-state index in [1.807, 2.05) is 60.8 Å². The van der Waals surface area contributed by atoms with Crippen LogP contribution in [0.15, 0.2) is 110 Å². The molecule has 6 rings (SSSR count). The van der Waals surface area contributed by atoms with Crippen LogP contribution in [0.5, 0.6) is 17.2 Å². The summed E-state index contributed by atoms with van der Waals surface area (Å²) in [7, 11) is 1.61. The van der Waals surface area contributed by atoms with Crippen molar-refractivity contribution >= 4 is 33.3 Å². The fourth-order valence-corrected chi connectivity index (χ4v) is 4.19. The molecular weight excluding hydrogens is 448 g/mol. The third kappa shape index (κ3) is 4.16. The first-order valence-corrected chi connectivity index (χ1v) is 11.6. The highest BCUT2D eigenvalue weighted by Gasteiger charge is 2.10. The summed E-state index contributed by atoms with van der Waals surface area (Å²) in [4.78, 5) is 13.6. The maximum absolute atomic E-state index is 6.12. The first-order valence-electron chi connectivity index (χ1n) is 11.6. The molecule has 3 heterocycles. The Morgan fingerprint density at radius 2 is 1.47 bits per heavy atom. The number of rotatable bonds is 6. The molecule has 3 aromatic carbocycles. The largest absolute Gasteiger partial charge is 0.495 e. The average molecular weight is 471 g/mol. The predicted molar refractivity (Wildman–Crippen MR) is 143 cm³/mol. The normalized spacial score (nSPS) is 10.9. The van der Waals surface area contributed by atoms with Crippen LogP contribution in [0.1, 0.15) is 0 Å². The summed E-state index contributed by atoms with van der Waals surface area (Å²) in [5.74, 6) is 2.79. The van der Waals surface area contributed by atoms with Crippen molar-refractivity contribution in [3.63, 3.8) is 0 Å². The van der Waals surface area contributed by atoms with Crippen LogP contribution in [-0.4, -0.2) is 22.1 Å². The van der Waals surface area contributed by atoms with Crippen molar-refractivity contribution in [2.75, 3.05) is 12.4 Å². The number of methoxy groups -OCH3 is 1. The second kappa shape index (κ2) is 9.35. The van der Waals surface area contributed by atoms with Crippen LogP contribution in [0, 0.1) is 0 Å². The summed E-state index contributed by atoms with van der Waals surface area (Å²) >= 11 is 0. The first kappa shape index (κ1) is 21.6. The number of pyridine rings is 3. The summed E-state index contributed by atoms with van der Waals surface area (Å²) in [6, 6.07) is 30.0. The summed E-state index contributed by atoms with van der Waals surface area (Å²) in [6.07, 6.45) is 5.28. The number of aromatic nitrogens is 3. The molecular formula is C30H22N4O2. The number of fused-ring (bicyclic) bond motifs is 2. The lowest BCUT2D eigenvalue weighted by atomic mass is 10.0. The molecule has 0 saturated heterocycles. The Morgan fingerprint density at radius 3 is 2.28 bits per heavy atom. The van der Waals surface area contributed by atoms with Crippen LogP contribution in [0.2, 0.25) is 0 Å². The van der Waals surface area contributed by atoms with Gasteiger partial charge in [0.1, 0.15) is 22.8 Å². The van der Waals surface area contributed by atoms with E-state index in [1.165, 1.54) is 0 Å². The van der Waals surface area contributed by atoms with E-state index in [2.05, 4.69) is 45.6 Å². The summed E-state index contributed by atoms with van der Waals surface area (Å²) in [5, 5.41) is 5.66. The Labute approximate surface area is 208 Å². The molecule has 0 bridgehead atoms. The minimum absolute atomic E-state index is 0.632. The Kier molecular flexibility index (Phi) is 5.60. The molecule has 0 saturated carbocycles. The molecule has 0 spiro atoms. The van der Waals surface area contributed by atoms with Crippen LogP contribution in [0.4, 0.5) is 11.5 Å². The van der Waals surface area contributed by atoms with Gasteiger partial charge in [0, 0.05) is 41.2 Å². The Balaban J connectivity index is 1.26. The minimum atomic E-state index is 0.632. The zero-order chi connectivity index (χ0) is 24.3. The number of ether oxygens (including phenoxy) is 2. The van der Waals surface area contributed by atoms with Crippen molar-refractivity contribution in [1.82, 2.24) is 15.0 Å². The number of anilines is 2. The highest BCUT2D eigenvalue weighted by atomic mass is 16.5. The molecule has 6 aromatic rings. The molecule has 0 fully saturated rings. The molecule has 1 N–H and O–H groups in total. The van der Waals surface area contributed by atoms with Crippen molar-refractivity contribution in [2.24, 2.45) is 0 Å². The summed E-state index contributed by atoms with van der Waals surface area (Å²) in [6.45, 7) is 0. The lowest BCUT2D eigenvalue weighted by molar-refractivity contribution is 0.413. The maximum Gasteiger partial charge on any atom is 0.156 e. The van der Waals surface area contributed by atoms with Gasteiger partial charge in [0.15, 0.2) is 5.75 Å². The quantitative estimate of drug-likeness (QED) is 0.274. The van der Waals surface area contributed by atoms with Gasteiger partial charge in [-0.05, 0) is 35.2 Å². The first-order chi connectivity index (χ1) is 17.8. The molecule has 0 radical (unpaired) electrons. The lowest BCUT2D eigenvalue weighted by Gasteiger charge is -2.13. The smallest absolute Gasteiger partial charge is 0.156 e. The number of nitrogens with one attached hydrogen (secondary N) is 1. The predicted octanol–water partition coefficient (Wildman–Crippen LogP) is 7.39. The molecule has 0 unspecified atom stereocenters. The standard InChI is InChI=1S/C30H22N4O2/c1-35-23-17-27-29(32-18-23)28(15-16-31-27)36-22-13-11-21(12-14-22)34-30-25-10-6-5-9-24(25)26(19-33-30)20-7-3-2-4-8-20/h2-19H,1H3,(H,33,34). The molecule has 6 nitrogen and oxygen atoms in total. The molecule has 36 heavy (non-hydrogen) atoms. The Morgan fingerprint density at radius 1 is 0.694 bits per heavy atom. The van der Waals surface area contributed by atoms with E-state index < -0.39 is 0 Å². The Hall–Kier alpha value is -4.97. The minimum Gasteiger partial charge on any atom is -0.495 e. The van der Waals surface area contributed by atoms with Gasteiger partial charge in [-0.25, -0.2) is 9.97 Å². The van der Waals surface area contributed by atoms with Crippen LogP contribution in [-0.2, 0) is 0 Å². The molecule has 6 heteroatoms. The van der Waals surface area contributed by atoms with E-state index in [9.17, 15) is 0 Å². The second-order valence-electron chi connectivity index (χ2n) is 8.24. The van der Waals surface area contributed by atoms with Gasteiger partial charge in [0.2, 0.25) is 0 Å². The van der Waals surface area contributed by atoms with E-state index in [0.717, 1.165) is 33.4 Å². The van der Waals surface area contributed by atoms with Gasteiger partial charge in [-0.2, -0.15) is 0 Å². The van der Waals surface area contributed by atoms with Gasteiger partial charge in [-0.15, -0.1) is 0 Å². The Bertz CT molecular complexity index is 1670.